The predicted molar refractivity (Wildman–Crippen MR) is 118 cm³/mol. The van der Waals surface area contributed by atoms with Gasteiger partial charge in [0.05, 0.1) is 0 Å². The molecule has 0 nitrogen and oxygen atoms in total. The van der Waals surface area contributed by atoms with Crippen LogP contribution in [0, 0.1) is 0 Å². The largest absolute Gasteiger partial charge is 0.144 e. The lowest BCUT2D eigenvalue weighted by molar-refractivity contribution is 1.78. The molecule has 0 saturated carbocycles. The fourth-order valence-electron chi connectivity index (χ4n) is 3.80. The lowest BCUT2D eigenvalue weighted by Gasteiger charge is -2.03. The first-order valence-electron chi connectivity index (χ1n) is 8.68. The van der Waals surface area contributed by atoms with Gasteiger partial charge in [-0.1, -0.05) is 42.5 Å². The van der Waals surface area contributed by atoms with E-state index in [1.807, 2.05) is 11.3 Å². The minimum Gasteiger partial charge on any atom is -0.144 e. The SMILES string of the molecule is c1csc(-c2ccc3cc4sc5cc6ccccc6cc5c4cc3c2)c1. The van der Waals surface area contributed by atoms with Crippen molar-refractivity contribution in [3.8, 4) is 10.4 Å². The molecule has 4 aromatic carbocycles. The monoisotopic (exact) mass is 366 g/mol. The third kappa shape index (κ3) is 2.13. The molecule has 0 radical (unpaired) electrons. The first-order chi connectivity index (χ1) is 12.8. The molecule has 122 valence electrons. The van der Waals surface area contributed by atoms with E-state index in [9.17, 15) is 0 Å². The van der Waals surface area contributed by atoms with Gasteiger partial charge in [0.1, 0.15) is 0 Å². The van der Waals surface area contributed by atoms with Crippen molar-refractivity contribution in [3.05, 3.63) is 84.2 Å². The standard InChI is InChI=1S/C24H14S2/c1-2-5-16-13-23-20(11-15(16)4-1)21-12-19-10-18(22-6-3-9-25-22)8-7-17(19)14-24(21)26-23/h1-14H. The van der Waals surface area contributed by atoms with Crippen LogP contribution in [0.3, 0.4) is 0 Å². The molecule has 0 aliphatic heterocycles. The summed E-state index contributed by atoms with van der Waals surface area (Å²) < 4.78 is 2.74. The van der Waals surface area contributed by atoms with Gasteiger partial charge in [0.2, 0.25) is 0 Å². The van der Waals surface area contributed by atoms with Crippen molar-refractivity contribution in [1.82, 2.24) is 0 Å². The molecule has 0 aliphatic rings. The van der Waals surface area contributed by atoms with Crippen LogP contribution in [-0.2, 0) is 0 Å². The molecule has 26 heavy (non-hydrogen) atoms. The van der Waals surface area contributed by atoms with E-state index in [-0.39, 0.29) is 0 Å². The third-order valence-electron chi connectivity index (χ3n) is 5.10. The molecule has 0 spiro atoms. The summed E-state index contributed by atoms with van der Waals surface area (Å²) in [6, 6.07) is 29.1. The quantitative estimate of drug-likeness (QED) is 0.276. The van der Waals surface area contributed by atoms with Gasteiger partial charge in [0.15, 0.2) is 0 Å². The zero-order valence-corrected chi connectivity index (χ0v) is 15.5. The van der Waals surface area contributed by atoms with Gasteiger partial charge >= 0.3 is 0 Å². The summed E-state index contributed by atoms with van der Waals surface area (Å²) in [6.07, 6.45) is 0. The Kier molecular flexibility index (Phi) is 3.01. The Morgan fingerprint density at radius 1 is 0.538 bits per heavy atom. The Bertz CT molecular complexity index is 1420. The van der Waals surface area contributed by atoms with Gasteiger partial charge in [-0.05, 0) is 68.9 Å². The topological polar surface area (TPSA) is 0 Å². The number of fused-ring (bicyclic) bond motifs is 5. The van der Waals surface area contributed by atoms with E-state index < -0.39 is 0 Å². The number of hydrogen-bond acceptors (Lipinski definition) is 2. The number of rotatable bonds is 1. The first-order valence-corrected chi connectivity index (χ1v) is 10.4. The highest BCUT2D eigenvalue weighted by Gasteiger charge is 2.09. The molecule has 2 aromatic heterocycles. The van der Waals surface area contributed by atoms with Gasteiger partial charge in [-0.3, -0.25) is 0 Å². The first kappa shape index (κ1) is 14.5. The summed E-state index contributed by atoms with van der Waals surface area (Å²) in [4.78, 5) is 1.33. The zero-order chi connectivity index (χ0) is 17.1. The summed E-state index contributed by atoms with van der Waals surface area (Å²) >= 11 is 3.69. The second kappa shape index (κ2) is 5.41. The molecule has 0 unspecified atom stereocenters. The molecule has 0 aliphatic carbocycles. The number of thiophene rings is 2. The molecule has 0 N–H and O–H groups in total. The van der Waals surface area contributed by atoms with Gasteiger partial charge < -0.3 is 0 Å². The molecule has 2 heteroatoms. The summed E-state index contributed by atoms with van der Waals surface area (Å²) in [6.45, 7) is 0. The second-order valence-electron chi connectivity index (χ2n) is 6.69. The average molecular weight is 367 g/mol. The lowest BCUT2D eigenvalue weighted by Crippen LogP contribution is -1.77. The van der Waals surface area contributed by atoms with Crippen molar-refractivity contribution in [2.45, 2.75) is 0 Å². The van der Waals surface area contributed by atoms with Crippen molar-refractivity contribution in [3.63, 3.8) is 0 Å². The predicted octanol–water partition coefficient (Wildman–Crippen LogP) is 8.09. The molecule has 6 aromatic rings. The van der Waals surface area contributed by atoms with Crippen LogP contribution in [-0.4, -0.2) is 0 Å². The van der Waals surface area contributed by atoms with Crippen LogP contribution in [0.5, 0.6) is 0 Å². The molecular weight excluding hydrogens is 352 g/mol. The maximum Gasteiger partial charge on any atom is 0.0361 e. The normalized spacial score (nSPS) is 11.8. The molecule has 0 saturated heterocycles. The fourth-order valence-corrected chi connectivity index (χ4v) is 5.69. The Morgan fingerprint density at radius 3 is 1.96 bits per heavy atom. The van der Waals surface area contributed by atoms with Crippen LogP contribution < -0.4 is 0 Å². The zero-order valence-electron chi connectivity index (χ0n) is 13.9. The van der Waals surface area contributed by atoms with E-state index in [0.29, 0.717) is 0 Å². The highest BCUT2D eigenvalue weighted by molar-refractivity contribution is 7.26. The second-order valence-corrected chi connectivity index (χ2v) is 8.72. The molecule has 2 heterocycles. The summed E-state index contributed by atoms with van der Waals surface area (Å²) in [7, 11) is 0. The summed E-state index contributed by atoms with van der Waals surface area (Å²) in [5.74, 6) is 0. The smallest absolute Gasteiger partial charge is 0.0361 e. The van der Waals surface area contributed by atoms with Crippen molar-refractivity contribution in [2.24, 2.45) is 0 Å². The van der Waals surface area contributed by atoms with E-state index >= 15 is 0 Å². The number of benzene rings is 4. The van der Waals surface area contributed by atoms with Gasteiger partial charge in [-0.2, -0.15) is 0 Å². The van der Waals surface area contributed by atoms with Gasteiger partial charge in [-0.25, -0.2) is 0 Å². The van der Waals surface area contributed by atoms with Crippen LogP contribution in [0.1, 0.15) is 0 Å². The van der Waals surface area contributed by atoms with E-state index in [4.69, 9.17) is 0 Å². The molecule has 0 bridgehead atoms. The average Bonchev–Trinajstić information content (AvgIpc) is 3.32. The van der Waals surface area contributed by atoms with Gasteiger partial charge in [-0.15, -0.1) is 22.7 Å². The van der Waals surface area contributed by atoms with Crippen LogP contribution in [0.25, 0.3) is 52.2 Å². The van der Waals surface area contributed by atoms with E-state index in [2.05, 4.69) is 84.2 Å². The van der Waals surface area contributed by atoms with Gasteiger partial charge in [0, 0.05) is 25.0 Å². The third-order valence-corrected chi connectivity index (χ3v) is 7.14. The van der Waals surface area contributed by atoms with Crippen molar-refractivity contribution >= 4 is 64.4 Å². The van der Waals surface area contributed by atoms with E-state index in [1.165, 1.54) is 52.2 Å². The Hall–Kier alpha value is -2.68. The van der Waals surface area contributed by atoms with Crippen molar-refractivity contribution in [2.75, 3.05) is 0 Å². The molecule has 0 amide bonds. The minimum absolute atomic E-state index is 1.30. The van der Waals surface area contributed by atoms with Crippen LogP contribution >= 0.6 is 22.7 Å². The van der Waals surface area contributed by atoms with Crippen LogP contribution in [0.2, 0.25) is 0 Å². The highest BCUT2D eigenvalue weighted by Crippen LogP contribution is 2.39. The maximum absolute atomic E-state index is 2.37. The van der Waals surface area contributed by atoms with Gasteiger partial charge in [0.25, 0.3) is 0 Å². The summed E-state index contributed by atoms with van der Waals surface area (Å²) in [5.41, 5.74) is 1.30. The van der Waals surface area contributed by atoms with Crippen molar-refractivity contribution < 1.29 is 0 Å². The van der Waals surface area contributed by atoms with E-state index in [1.54, 1.807) is 11.3 Å². The minimum atomic E-state index is 1.30. The van der Waals surface area contributed by atoms with Crippen LogP contribution in [0.4, 0.5) is 0 Å². The van der Waals surface area contributed by atoms with Crippen molar-refractivity contribution in [1.29, 1.82) is 0 Å². The lowest BCUT2D eigenvalue weighted by atomic mass is 10.0. The molecular formula is C24H14S2. The Balaban J connectivity index is 1.68. The maximum atomic E-state index is 2.37. The highest BCUT2D eigenvalue weighted by atomic mass is 32.1. The summed E-state index contributed by atoms with van der Waals surface area (Å²) in [5, 5.41) is 10.1. The number of hydrogen-bond donors (Lipinski definition) is 0. The van der Waals surface area contributed by atoms with E-state index in [0.717, 1.165) is 0 Å². The molecule has 6 rings (SSSR count). The fraction of sp³-hybridized carbons (Fsp3) is 0. The Morgan fingerprint density at radius 2 is 1.23 bits per heavy atom. The molecule has 0 fully saturated rings. The van der Waals surface area contributed by atoms with Crippen LogP contribution in [0.15, 0.2) is 84.2 Å². The molecule has 0 atom stereocenters. The Labute approximate surface area is 158 Å².